The van der Waals surface area contributed by atoms with Gasteiger partial charge in [0.1, 0.15) is 0 Å². The molecule has 0 saturated heterocycles. The lowest BCUT2D eigenvalue weighted by atomic mass is 10.0. The summed E-state index contributed by atoms with van der Waals surface area (Å²) in [5, 5.41) is 9.46. The first-order valence-corrected chi connectivity index (χ1v) is 10.1. The maximum Gasteiger partial charge on any atom is 0.305 e. The van der Waals surface area contributed by atoms with Crippen molar-refractivity contribution in [3.05, 3.63) is 54.1 Å². The van der Waals surface area contributed by atoms with Crippen LogP contribution in [0.1, 0.15) is 18.9 Å². The number of hydrogen-bond donors (Lipinski definition) is 1. The Labute approximate surface area is 160 Å². The van der Waals surface area contributed by atoms with E-state index in [0.717, 1.165) is 21.0 Å². The number of aryl methyl sites for hydroxylation is 1. The molecule has 0 aliphatic carbocycles. The number of methoxy groups -OCH3 is 1. The molecule has 0 heterocycles. The normalized spacial score (nSPS) is 12.8. The second kappa shape index (κ2) is 9.12. The Morgan fingerprint density at radius 3 is 2.41 bits per heavy atom. The van der Waals surface area contributed by atoms with Gasteiger partial charge < -0.3 is 9.84 Å². The Hall–Kier alpha value is -2.22. The second-order valence-corrected chi connectivity index (χ2v) is 8.48. The Balaban J connectivity index is 2.28. The lowest BCUT2D eigenvalue weighted by molar-refractivity contribution is -0.140. The topological polar surface area (TPSA) is 83.9 Å². The summed E-state index contributed by atoms with van der Waals surface area (Å²) in [6.45, 7) is 1.57. The number of nitrogens with zero attached hydrogens (tertiary/aromatic N) is 1. The molecule has 0 aliphatic heterocycles. The van der Waals surface area contributed by atoms with Gasteiger partial charge in [-0.15, -0.1) is 0 Å². The van der Waals surface area contributed by atoms with Gasteiger partial charge in [0.15, 0.2) is 0 Å². The van der Waals surface area contributed by atoms with Gasteiger partial charge in [0.25, 0.3) is 0 Å². The van der Waals surface area contributed by atoms with Crippen LogP contribution < -0.4 is 0 Å². The highest BCUT2D eigenvalue weighted by atomic mass is 32.2. The predicted molar refractivity (Wildman–Crippen MR) is 104 cm³/mol. The molecule has 7 heteroatoms. The quantitative estimate of drug-likeness (QED) is 0.699. The molecule has 146 valence electrons. The van der Waals surface area contributed by atoms with Crippen LogP contribution in [-0.2, 0) is 26.0 Å². The molecule has 0 fully saturated rings. The van der Waals surface area contributed by atoms with Gasteiger partial charge in [-0.25, -0.2) is 8.42 Å². The molecule has 2 aromatic rings. The predicted octanol–water partition coefficient (Wildman–Crippen LogP) is 2.46. The Kier molecular flexibility index (Phi) is 7.12. The number of carbonyl (C=O) groups is 1. The SMILES string of the molecule is COC(=O)CCc1cccc(-c2cccc(S(=O)(=O)N(C)C[C@H](C)O)c2)c1. The van der Waals surface area contributed by atoms with Gasteiger partial charge in [-0.2, -0.15) is 4.31 Å². The minimum atomic E-state index is -3.69. The molecule has 1 N–H and O–H groups in total. The van der Waals surface area contributed by atoms with E-state index in [1.807, 2.05) is 30.3 Å². The highest BCUT2D eigenvalue weighted by Gasteiger charge is 2.22. The number of sulfonamides is 1. The number of rotatable bonds is 8. The molecule has 1 atom stereocenters. The van der Waals surface area contributed by atoms with Gasteiger partial charge in [0.2, 0.25) is 10.0 Å². The molecule has 0 unspecified atom stereocenters. The van der Waals surface area contributed by atoms with Crippen LogP contribution in [0.4, 0.5) is 0 Å². The number of carbonyl (C=O) groups excluding carboxylic acids is 1. The van der Waals surface area contributed by atoms with E-state index in [1.54, 1.807) is 25.1 Å². The summed E-state index contributed by atoms with van der Waals surface area (Å²) in [6, 6.07) is 14.3. The van der Waals surface area contributed by atoms with Gasteiger partial charge in [-0.1, -0.05) is 36.4 Å². The van der Waals surface area contributed by atoms with Crippen molar-refractivity contribution < 1.29 is 23.1 Å². The molecular weight excluding hydrogens is 366 g/mol. The lowest BCUT2D eigenvalue weighted by Gasteiger charge is -2.19. The molecule has 0 aliphatic rings. The van der Waals surface area contributed by atoms with Crippen molar-refractivity contribution in [3.8, 4) is 11.1 Å². The summed E-state index contributed by atoms with van der Waals surface area (Å²) in [7, 11) is -0.880. The van der Waals surface area contributed by atoms with Gasteiger partial charge in [-0.05, 0) is 42.2 Å². The fourth-order valence-corrected chi connectivity index (χ4v) is 4.04. The maximum atomic E-state index is 12.7. The Morgan fingerprint density at radius 2 is 1.78 bits per heavy atom. The van der Waals surface area contributed by atoms with Crippen LogP contribution in [0.2, 0.25) is 0 Å². The van der Waals surface area contributed by atoms with E-state index in [0.29, 0.717) is 12.8 Å². The second-order valence-electron chi connectivity index (χ2n) is 6.44. The number of esters is 1. The van der Waals surface area contributed by atoms with Crippen molar-refractivity contribution in [1.29, 1.82) is 0 Å². The number of aliphatic hydroxyl groups is 1. The van der Waals surface area contributed by atoms with E-state index in [-0.39, 0.29) is 17.4 Å². The molecule has 0 saturated carbocycles. The first-order valence-electron chi connectivity index (χ1n) is 8.64. The van der Waals surface area contributed by atoms with Gasteiger partial charge in [-0.3, -0.25) is 4.79 Å². The summed E-state index contributed by atoms with van der Waals surface area (Å²) in [6.07, 6.45) is 0.0909. The average molecular weight is 391 g/mol. The smallest absolute Gasteiger partial charge is 0.305 e. The third kappa shape index (κ3) is 5.63. The molecule has 6 nitrogen and oxygen atoms in total. The van der Waals surface area contributed by atoms with E-state index in [2.05, 4.69) is 4.74 Å². The van der Waals surface area contributed by atoms with Crippen molar-refractivity contribution in [1.82, 2.24) is 4.31 Å². The molecule has 27 heavy (non-hydrogen) atoms. The minimum Gasteiger partial charge on any atom is -0.469 e. The fraction of sp³-hybridized carbons (Fsp3) is 0.350. The van der Waals surface area contributed by atoms with Crippen molar-refractivity contribution in [2.45, 2.75) is 30.8 Å². The molecule has 2 rings (SSSR count). The molecule has 0 bridgehead atoms. The molecule has 0 spiro atoms. The van der Waals surface area contributed by atoms with E-state index in [9.17, 15) is 18.3 Å². The number of aliphatic hydroxyl groups excluding tert-OH is 1. The van der Waals surface area contributed by atoms with E-state index in [1.165, 1.54) is 14.2 Å². The summed E-state index contributed by atoms with van der Waals surface area (Å²) in [5.74, 6) is -0.269. The molecule has 0 amide bonds. The van der Waals surface area contributed by atoms with E-state index >= 15 is 0 Å². The zero-order valence-electron chi connectivity index (χ0n) is 15.8. The molecule has 2 aromatic carbocycles. The van der Waals surface area contributed by atoms with Crippen molar-refractivity contribution in [2.24, 2.45) is 0 Å². The number of ether oxygens (including phenoxy) is 1. The largest absolute Gasteiger partial charge is 0.469 e. The zero-order valence-corrected chi connectivity index (χ0v) is 16.6. The van der Waals surface area contributed by atoms with Crippen LogP contribution in [0, 0.1) is 0 Å². The first-order chi connectivity index (χ1) is 12.7. The summed E-state index contributed by atoms with van der Waals surface area (Å²) >= 11 is 0. The zero-order chi connectivity index (χ0) is 20.0. The van der Waals surface area contributed by atoms with Crippen LogP contribution in [0.5, 0.6) is 0 Å². The average Bonchev–Trinajstić information content (AvgIpc) is 2.65. The number of benzene rings is 2. The summed E-state index contributed by atoms with van der Waals surface area (Å²) in [5.41, 5.74) is 2.60. The van der Waals surface area contributed by atoms with Crippen LogP contribution in [0.25, 0.3) is 11.1 Å². The summed E-state index contributed by atoms with van der Waals surface area (Å²) in [4.78, 5) is 11.5. The highest BCUT2D eigenvalue weighted by Crippen LogP contribution is 2.25. The minimum absolute atomic E-state index is 0.0234. The van der Waals surface area contributed by atoms with Crippen molar-refractivity contribution >= 4 is 16.0 Å². The summed E-state index contributed by atoms with van der Waals surface area (Å²) < 4.78 is 31.2. The molecular formula is C20H25NO5S. The fourth-order valence-electron chi connectivity index (χ4n) is 2.74. The van der Waals surface area contributed by atoms with Crippen molar-refractivity contribution in [3.63, 3.8) is 0 Å². The monoisotopic (exact) mass is 391 g/mol. The molecule has 0 aromatic heterocycles. The van der Waals surface area contributed by atoms with Gasteiger partial charge in [0.05, 0.1) is 18.1 Å². The number of likely N-dealkylation sites (N-methyl/N-ethyl adjacent to an activating group) is 1. The van der Waals surface area contributed by atoms with Crippen LogP contribution in [0.15, 0.2) is 53.4 Å². The van der Waals surface area contributed by atoms with E-state index in [4.69, 9.17) is 0 Å². The van der Waals surface area contributed by atoms with Crippen LogP contribution in [0.3, 0.4) is 0 Å². The van der Waals surface area contributed by atoms with Crippen LogP contribution >= 0.6 is 0 Å². The Bertz CT molecular complexity index is 893. The van der Waals surface area contributed by atoms with Gasteiger partial charge in [0, 0.05) is 20.0 Å². The van der Waals surface area contributed by atoms with Crippen molar-refractivity contribution in [2.75, 3.05) is 20.7 Å². The highest BCUT2D eigenvalue weighted by molar-refractivity contribution is 7.89. The first kappa shape index (κ1) is 21.1. The van der Waals surface area contributed by atoms with Crippen LogP contribution in [-0.4, -0.2) is 50.6 Å². The third-order valence-corrected chi connectivity index (χ3v) is 5.99. The van der Waals surface area contributed by atoms with Gasteiger partial charge >= 0.3 is 5.97 Å². The third-order valence-electron chi connectivity index (χ3n) is 4.17. The van der Waals surface area contributed by atoms with E-state index < -0.39 is 16.1 Å². The Morgan fingerprint density at radius 1 is 1.15 bits per heavy atom. The molecule has 0 radical (unpaired) electrons. The maximum absolute atomic E-state index is 12.7. The standard InChI is InChI=1S/C20H25NO5S/c1-15(22)14-21(2)27(24,25)19-9-5-8-18(13-19)17-7-4-6-16(12-17)10-11-20(23)26-3/h4-9,12-13,15,22H,10-11,14H2,1-3H3/t15-/m0/s1. The number of hydrogen-bond acceptors (Lipinski definition) is 5. The lowest BCUT2D eigenvalue weighted by Crippen LogP contribution is -2.33.